The molecule has 0 unspecified atom stereocenters. The van der Waals surface area contributed by atoms with E-state index in [1.807, 2.05) is 0 Å². The van der Waals surface area contributed by atoms with Crippen LogP contribution in [0.1, 0.15) is 185 Å². The largest absolute Gasteiger partial charge is 0.481 e. The number of aliphatic hydroxyl groups is 1. The van der Waals surface area contributed by atoms with Crippen molar-refractivity contribution in [3.8, 4) is 0 Å². The number of nitrogens with zero attached hydrogens (tertiary/aromatic N) is 5. The number of carboxylic acid groups (broad SMARTS) is 2. The van der Waals surface area contributed by atoms with Crippen LogP contribution in [-0.4, -0.2) is 383 Å². The molecule has 17 atom stereocenters. The van der Waals surface area contributed by atoms with Gasteiger partial charge in [0, 0.05) is 39.3 Å². The second-order valence-corrected chi connectivity index (χ2v) is 36.2. The highest BCUT2D eigenvalue weighted by Gasteiger charge is 2.46. The lowest BCUT2D eigenvalue weighted by Gasteiger charge is -2.31. The summed E-state index contributed by atoms with van der Waals surface area (Å²) in [5.74, 6) is -22.9. The number of carboxylic acids is 2. The molecule has 54 nitrogen and oxygen atoms in total. The van der Waals surface area contributed by atoms with E-state index in [-0.39, 0.29) is 122 Å². The van der Waals surface area contributed by atoms with Crippen LogP contribution in [0.25, 0.3) is 0 Å². The zero-order chi connectivity index (χ0) is 105. The monoisotopic (exact) mass is 2000 g/mol. The molecule has 5 rings (SSSR count). The fraction of sp³-hybridized carbons (Fsp3) is 0.713. The number of unbranched alkanes of at least 4 members (excludes halogenated alkanes) is 1. The molecule has 0 bridgehead atoms. The molecule has 54 heteroatoms. The lowest BCUT2D eigenvalue weighted by atomic mass is 9.97. The quantitative estimate of drug-likeness (QED) is 0.0153. The molecule has 22 amide bonds. The Bertz CT molecular complexity index is 4500. The summed E-state index contributed by atoms with van der Waals surface area (Å²) in [6, 6.07) is -19.4. The molecule has 0 spiro atoms. The van der Waals surface area contributed by atoms with Gasteiger partial charge in [0.1, 0.15) is 90.6 Å². The summed E-state index contributed by atoms with van der Waals surface area (Å²) in [6.45, 7) is 10.5. The zero-order valence-electron chi connectivity index (χ0n) is 81.4. The van der Waals surface area contributed by atoms with Crippen LogP contribution in [0.4, 0.5) is 0 Å². The van der Waals surface area contributed by atoms with Crippen LogP contribution in [0, 0.1) is 23.2 Å². The molecule has 28 N–H and O–H groups in total. The molecule has 0 aromatic heterocycles. The minimum atomic E-state index is -1.87. The maximum atomic E-state index is 14.3. The standard InChI is InChI=1S/C87H143N27O27/c1-11-46(6)70(81(135)98-43-67(123)112-31-19-26-59(112)85(139)114-33-18-23-56(114)78(132)97-41-65(121)110-29-15-24-57(110)79(133)102-47(7)72(126)93-37-61(117)101-49(9)86(140)141)108-80(134)58-25-16-30-111(58)66(122)42-99-82(136)71(50(10)115)109-76(130)53(34-44(2)3)104-63(119)38-94-73(127)51(21-14-28-92-87(90)91)105-83(137)69(45(4)5)107-64(120)40-95-74(128)54(35-68(124)125)106-75(129)52(20-12-13-27-88)103-62(118)39-96-77(131)55-22-17-32-113(55)84(138)48(8)100-60(116)36-89/h44-59,69-71,115H,11-43,88-89H2,1-10H3,(H,93,126)(H,94,127)(H,95,128)(H,96,131)(H,97,132)(H,98,135)(H,99,136)(H,100,116)(H,101,117)(H,102,133)(H,103,118)(H,104,119)(H,105,137)(H,106,129)(H,107,120)(H,108,134)(H,109,130)(H,124,125)(H,140,141)(H4,90,91,92)/t46-,47-,48-,49-,50+,51-,52-,53-,54-,55-,56-,57-,58-,59-,69-,70-,71-/m0/s1. The van der Waals surface area contributed by atoms with Gasteiger partial charge in [0.15, 0.2) is 5.96 Å². The molecule has 0 radical (unpaired) electrons. The number of guanidine groups is 1. The Morgan fingerprint density at radius 3 is 1.28 bits per heavy atom. The normalized spacial score (nSPS) is 19.1. The van der Waals surface area contributed by atoms with E-state index in [9.17, 15) is 125 Å². The minimum absolute atomic E-state index is 0.00440. The maximum Gasteiger partial charge on any atom is 0.325 e. The van der Waals surface area contributed by atoms with Crippen LogP contribution in [0.2, 0.25) is 0 Å². The first-order chi connectivity index (χ1) is 66.5. The van der Waals surface area contributed by atoms with E-state index in [0.29, 0.717) is 44.9 Å². The van der Waals surface area contributed by atoms with Gasteiger partial charge in [-0.3, -0.25) is 120 Å². The van der Waals surface area contributed by atoms with E-state index < -0.39 is 309 Å². The van der Waals surface area contributed by atoms with Gasteiger partial charge in [-0.1, -0.05) is 48.0 Å². The van der Waals surface area contributed by atoms with Crippen LogP contribution < -0.4 is 113 Å². The van der Waals surface area contributed by atoms with E-state index in [4.69, 9.17) is 27.7 Å². The first kappa shape index (κ1) is 118. The summed E-state index contributed by atoms with van der Waals surface area (Å²) in [5.41, 5.74) is 16.5. The number of hydrogen-bond donors (Lipinski definition) is 25. The van der Waals surface area contributed by atoms with Crippen LogP contribution in [0.3, 0.4) is 0 Å². The number of nitrogens with one attached hydrogen (secondary N) is 19. The van der Waals surface area contributed by atoms with Gasteiger partial charge in [0.25, 0.3) is 0 Å². The number of nitrogens with two attached hydrogens (primary N) is 3. The molecule has 141 heavy (non-hydrogen) atoms. The third kappa shape index (κ3) is 37.8. The highest BCUT2D eigenvalue weighted by Crippen LogP contribution is 2.27. The van der Waals surface area contributed by atoms with Gasteiger partial charge in [0.2, 0.25) is 130 Å². The van der Waals surface area contributed by atoms with E-state index in [0.717, 1.165) is 6.92 Å². The lowest BCUT2D eigenvalue weighted by molar-refractivity contribution is -0.147. The molecular formula is C87H143N27O27. The number of hydrogen-bond acceptors (Lipinski definition) is 28. The predicted molar refractivity (Wildman–Crippen MR) is 497 cm³/mol. The average Bonchev–Trinajstić information content (AvgIpc) is 1.68. The van der Waals surface area contributed by atoms with Crippen molar-refractivity contribution in [1.29, 1.82) is 5.41 Å². The molecule has 5 aliphatic rings. The highest BCUT2D eigenvalue weighted by molar-refractivity contribution is 6.02. The van der Waals surface area contributed by atoms with Crippen molar-refractivity contribution in [2.75, 3.05) is 98.2 Å². The molecule has 0 saturated carbocycles. The Morgan fingerprint density at radius 1 is 0.369 bits per heavy atom. The first-order valence-corrected chi connectivity index (χ1v) is 47.6. The Hall–Kier alpha value is -13.6. The smallest absolute Gasteiger partial charge is 0.325 e. The number of carbonyl (C=O) groups is 24. The Labute approximate surface area is 815 Å². The maximum absolute atomic E-state index is 14.3. The van der Waals surface area contributed by atoms with Gasteiger partial charge < -0.3 is 153 Å². The fourth-order valence-corrected chi connectivity index (χ4v) is 16.5. The minimum Gasteiger partial charge on any atom is -0.481 e. The summed E-state index contributed by atoms with van der Waals surface area (Å²) in [5, 5.41) is 81.1. The number of carbonyl (C=O) groups excluding carboxylic acids is 22. The third-order valence-corrected chi connectivity index (χ3v) is 24.4. The van der Waals surface area contributed by atoms with Gasteiger partial charge in [-0.05, 0) is 155 Å². The number of likely N-dealkylation sites (tertiary alicyclic amines) is 5. The van der Waals surface area contributed by atoms with Gasteiger partial charge in [-0.25, -0.2) is 0 Å². The summed E-state index contributed by atoms with van der Waals surface area (Å²) < 4.78 is 0. The SMILES string of the molecule is CC[C@H](C)[C@H](NC(=O)[C@@H]1CCCN1C(=O)CNC(=O)[C@@H](NC(=O)[C@H](CC(C)C)NC(=O)CNC(=O)[C@H](CCCNC(=N)N)NC(=O)[C@@H](NC(=O)CNC(=O)[C@H](CC(=O)O)NC(=O)[C@H](CCCCN)NC(=O)CNC(=O)[C@@H]1CCCN1C(=O)[C@H](C)NC(=O)CN)C(C)C)[C@@H](C)O)C(=O)NCC(=O)N1CCC[C@H]1C(=O)N1CCC[C@H]1C(=O)NCC(=O)N1CCC[C@H]1C(=O)N[C@@H](C)C(=O)NCC(=O)N[C@@H](C)C(=O)O. The van der Waals surface area contributed by atoms with Crippen molar-refractivity contribution in [3.63, 3.8) is 0 Å². The summed E-state index contributed by atoms with van der Waals surface area (Å²) >= 11 is 0. The van der Waals surface area contributed by atoms with Crippen molar-refractivity contribution in [2.24, 2.45) is 35.0 Å². The Kier molecular flexibility index (Phi) is 48.9. The molecular weight excluding hydrogens is 1860 g/mol. The molecule has 5 saturated heterocycles. The molecule has 0 aromatic rings. The Balaban J connectivity index is 1.12. The number of rotatable bonds is 56. The van der Waals surface area contributed by atoms with E-state index in [1.54, 1.807) is 27.7 Å². The van der Waals surface area contributed by atoms with Gasteiger partial charge >= 0.3 is 11.9 Å². The van der Waals surface area contributed by atoms with E-state index in [1.165, 1.54) is 59.1 Å². The molecule has 5 heterocycles. The van der Waals surface area contributed by atoms with Crippen molar-refractivity contribution in [1.82, 2.24) is 120 Å². The molecule has 0 aromatic carbocycles. The second-order valence-electron chi connectivity index (χ2n) is 36.2. The molecule has 0 aliphatic carbocycles. The van der Waals surface area contributed by atoms with Crippen molar-refractivity contribution < 1.29 is 130 Å². The lowest BCUT2D eigenvalue weighted by Crippen LogP contribution is -2.59. The number of amides is 22. The van der Waals surface area contributed by atoms with Gasteiger partial charge in [-0.2, -0.15) is 0 Å². The highest BCUT2D eigenvalue weighted by atomic mass is 16.4. The topological polar surface area (TPSA) is 805 Å². The molecule has 5 aliphatic heterocycles. The van der Waals surface area contributed by atoms with Crippen LogP contribution in [0.15, 0.2) is 0 Å². The fourth-order valence-electron chi connectivity index (χ4n) is 16.5. The average molecular weight is 2000 g/mol. The molecule has 5 fully saturated rings. The second kappa shape index (κ2) is 58.5. The number of aliphatic hydroxyl groups excluding tert-OH is 1. The van der Waals surface area contributed by atoms with Crippen LogP contribution in [-0.2, 0) is 115 Å². The zero-order valence-corrected chi connectivity index (χ0v) is 81.4. The molecule has 788 valence electrons. The van der Waals surface area contributed by atoms with Gasteiger partial charge in [0.05, 0.1) is 64.9 Å². The van der Waals surface area contributed by atoms with E-state index >= 15 is 0 Å². The summed E-state index contributed by atoms with van der Waals surface area (Å²) in [7, 11) is 0. The summed E-state index contributed by atoms with van der Waals surface area (Å²) in [4.78, 5) is 328. The summed E-state index contributed by atoms with van der Waals surface area (Å²) in [6.07, 6.45) is 0.950. The van der Waals surface area contributed by atoms with Crippen LogP contribution in [0.5, 0.6) is 0 Å². The Morgan fingerprint density at radius 2 is 0.780 bits per heavy atom. The number of aliphatic carboxylic acids is 2. The van der Waals surface area contributed by atoms with Crippen molar-refractivity contribution in [3.05, 3.63) is 0 Å². The first-order valence-electron chi connectivity index (χ1n) is 47.6. The van der Waals surface area contributed by atoms with Crippen molar-refractivity contribution in [2.45, 2.75) is 282 Å². The predicted octanol–water partition coefficient (Wildman–Crippen LogP) is -11.3. The van der Waals surface area contributed by atoms with E-state index in [2.05, 4.69) is 95.7 Å². The van der Waals surface area contributed by atoms with Crippen LogP contribution >= 0.6 is 0 Å². The van der Waals surface area contributed by atoms with Crippen molar-refractivity contribution >= 4 is 148 Å². The van der Waals surface area contributed by atoms with Gasteiger partial charge in [-0.15, -0.1) is 0 Å². The third-order valence-electron chi connectivity index (χ3n) is 24.4.